The SMILES string of the molecule is Oc1c(Cc2ccco2)nc2c(-c3cc(Cl)nc(Cl)c3)nc(-c3ccccc3)cn12. The Morgan fingerprint density at radius 1 is 0.900 bits per heavy atom. The van der Waals surface area contributed by atoms with Gasteiger partial charge in [-0.05, 0) is 24.3 Å². The third-order valence-electron chi connectivity index (χ3n) is 4.68. The smallest absolute Gasteiger partial charge is 0.219 e. The molecular weight excluding hydrogens is 423 g/mol. The van der Waals surface area contributed by atoms with Gasteiger partial charge < -0.3 is 9.52 Å². The van der Waals surface area contributed by atoms with Crippen LogP contribution in [0.2, 0.25) is 10.3 Å². The number of hydrogen-bond acceptors (Lipinski definition) is 5. The molecule has 6 nitrogen and oxygen atoms in total. The van der Waals surface area contributed by atoms with Gasteiger partial charge in [-0.15, -0.1) is 0 Å². The van der Waals surface area contributed by atoms with E-state index >= 15 is 0 Å². The van der Waals surface area contributed by atoms with E-state index in [1.54, 1.807) is 35.1 Å². The first-order valence-corrected chi connectivity index (χ1v) is 9.86. The van der Waals surface area contributed by atoms with E-state index in [-0.39, 0.29) is 16.2 Å². The largest absolute Gasteiger partial charge is 0.493 e. The first-order valence-electron chi connectivity index (χ1n) is 9.10. The molecule has 30 heavy (non-hydrogen) atoms. The zero-order valence-corrected chi connectivity index (χ0v) is 17.0. The molecule has 0 aliphatic rings. The molecule has 1 aromatic carbocycles. The number of aromatic nitrogens is 4. The van der Waals surface area contributed by atoms with Crippen LogP contribution in [0, 0.1) is 0 Å². The summed E-state index contributed by atoms with van der Waals surface area (Å²) in [6.07, 6.45) is 3.69. The first kappa shape index (κ1) is 18.7. The van der Waals surface area contributed by atoms with E-state index in [0.717, 1.165) is 5.56 Å². The lowest BCUT2D eigenvalue weighted by Gasteiger charge is -2.09. The molecule has 0 spiro atoms. The van der Waals surface area contributed by atoms with Crippen molar-refractivity contribution in [2.24, 2.45) is 0 Å². The summed E-state index contributed by atoms with van der Waals surface area (Å²) in [7, 11) is 0. The van der Waals surface area contributed by atoms with Crippen molar-refractivity contribution in [3.63, 3.8) is 0 Å². The Kier molecular flexibility index (Phi) is 4.65. The van der Waals surface area contributed by atoms with Gasteiger partial charge in [-0.1, -0.05) is 53.5 Å². The molecule has 0 atom stereocenters. The molecule has 4 heterocycles. The minimum absolute atomic E-state index is 0.0217. The molecule has 0 aliphatic carbocycles. The minimum Gasteiger partial charge on any atom is -0.493 e. The standard InChI is InChI=1S/C22H14Cl2N4O2/c23-18-9-14(10-19(24)27-18)20-21-26-16(11-15-7-4-8-30-15)22(29)28(21)12-17(25-20)13-5-2-1-3-6-13/h1-10,12,29H,11H2. The number of hydrogen-bond donors (Lipinski definition) is 1. The van der Waals surface area contributed by atoms with Gasteiger partial charge in [0, 0.05) is 17.3 Å². The predicted octanol–water partition coefficient (Wildman–Crippen LogP) is 5.65. The molecule has 0 aliphatic heterocycles. The summed E-state index contributed by atoms with van der Waals surface area (Å²) >= 11 is 12.3. The fraction of sp³-hybridized carbons (Fsp3) is 0.0455. The lowest BCUT2D eigenvalue weighted by molar-refractivity contribution is 0.438. The van der Waals surface area contributed by atoms with Crippen molar-refractivity contribution in [1.29, 1.82) is 0 Å². The number of imidazole rings is 1. The van der Waals surface area contributed by atoms with E-state index in [9.17, 15) is 5.11 Å². The van der Waals surface area contributed by atoms with E-state index in [2.05, 4.69) is 9.97 Å². The lowest BCUT2D eigenvalue weighted by atomic mass is 10.1. The highest BCUT2D eigenvalue weighted by molar-refractivity contribution is 6.32. The highest BCUT2D eigenvalue weighted by Gasteiger charge is 2.20. The maximum Gasteiger partial charge on any atom is 0.219 e. The zero-order valence-electron chi connectivity index (χ0n) is 15.5. The van der Waals surface area contributed by atoms with E-state index in [0.29, 0.717) is 40.5 Å². The summed E-state index contributed by atoms with van der Waals surface area (Å²) in [4.78, 5) is 13.5. The Bertz CT molecular complexity index is 1330. The summed E-state index contributed by atoms with van der Waals surface area (Å²) in [6, 6.07) is 16.6. The molecule has 0 radical (unpaired) electrons. The van der Waals surface area contributed by atoms with Gasteiger partial charge in [0.15, 0.2) is 5.65 Å². The van der Waals surface area contributed by atoms with Crippen LogP contribution in [-0.4, -0.2) is 24.5 Å². The molecule has 5 rings (SSSR count). The zero-order chi connectivity index (χ0) is 20.7. The van der Waals surface area contributed by atoms with Gasteiger partial charge in [-0.2, -0.15) is 0 Å². The maximum absolute atomic E-state index is 10.9. The highest BCUT2D eigenvalue weighted by atomic mass is 35.5. The van der Waals surface area contributed by atoms with Crippen LogP contribution in [0.1, 0.15) is 11.5 Å². The van der Waals surface area contributed by atoms with Gasteiger partial charge in [-0.25, -0.2) is 15.0 Å². The van der Waals surface area contributed by atoms with Crippen molar-refractivity contribution in [1.82, 2.24) is 19.4 Å². The highest BCUT2D eigenvalue weighted by Crippen LogP contribution is 2.33. The quantitative estimate of drug-likeness (QED) is 0.368. The summed E-state index contributed by atoms with van der Waals surface area (Å²) in [6.45, 7) is 0. The monoisotopic (exact) mass is 436 g/mol. The lowest BCUT2D eigenvalue weighted by Crippen LogP contribution is -1.97. The molecule has 1 N–H and O–H groups in total. The average molecular weight is 437 g/mol. The number of aromatic hydroxyl groups is 1. The number of rotatable bonds is 4. The number of fused-ring (bicyclic) bond motifs is 1. The Balaban J connectivity index is 1.77. The second kappa shape index (κ2) is 7.48. The average Bonchev–Trinajstić information content (AvgIpc) is 3.36. The fourth-order valence-electron chi connectivity index (χ4n) is 3.32. The normalized spacial score (nSPS) is 11.3. The minimum atomic E-state index is 0.0217. The molecular formula is C22H14Cl2N4O2. The van der Waals surface area contributed by atoms with Crippen molar-refractivity contribution in [2.75, 3.05) is 0 Å². The Morgan fingerprint density at radius 3 is 2.37 bits per heavy atom. The van der Waals surface area contributed by atoms with Crippen LogP contribution in [-0.2, 0) is 6.42 Å². The number of pyridine rings is 1. The van der Waals surface area contributed by atoms with Gasteiger partial charge in [0.1, 0.15) is 27.5 Å². The molecule has 0 saturated heterocycles. The molecule has 0 amide bonds. The molecule has 5 aromatic rings. The van der Waals surface area contributed by atoms with Crippen LogP contribution in [0.25, 0.3) is 28.2 Å². The molecule has 0 bridgehead atoms. The predicted molar refractivity (Wildman–Crippen MR) is 115 cm³/mol. The third-order valence-corrected chi connectivity index (χ3v) is 5.07. The summed E-state index contributed by atoms with van der Waals surface area (Å²) in [5.41, 5.74) is 3.70. The van der Waals surface area contributed by atoms with Gasteiger partial charge >= 0.3 is 0 Å². The van der Waals surface area contributed by atoms with E-state index < -0.39 is 0 Å². The van der Waals surface area contributed by atoms with Crippen LogP contribution in [0.3, 0.4) is 0 Å². The summed E-state index contributed by atoms with van der Waals surface area (Å²) in [5, 5.41) is 11.4. The number of furan rings is 1. The van der Waals surface area contributed by atoms with Crippen LogP contribution >= 0.6 is 23.2 Å². The number of benzene rings is 1. The van der Waals surface area contributed by atoms with Crippen LogP contribution in [0.15, 0.2) is 71.5 Å². The molecule has 0 unspecified atom stereocenters. The number of nitrogens with zero attached hydrogens (tertiary/aromatic N) is 4. The Labute approximate surface area is 181 Å². The Hall–Kier alpha value is -3.35. The second-order valence-corrected chi connectivity index (χ2v) is 7.45. The first-order chi connectivity index (χ1) is 14.6. The molecule has 4 aromatic heterocycles. The molecule has 8 heteroatoms. The van der Waals surface area contributed by atoms with Gasteiger partial charge in [0.05, 0.1) is 18.4 Å². The third kappa shape index (κ3) is 3.40. The Morgan fingerprint density at radius 2 is 1.67 bits per heavy atom. The van der Waals surface area contributed by atoms with Gasteiger partial charge in [0.2, 0.25) is 5.88 Å². The molecule has 0 fully saturated rings. The second-order valence-electron chi connectivity index (χ2n) is 6.67. The summed E-state index contributed by atoms with van der Waals surface area (Å²) in [5.74, 6) is 0.718. The fourth-order valence-corrected chi connectivity index (χ4v) is 3.78. The van der Waals surface area contributed by atoms with E-state index in [1.807, 2.05) is 36.4 Å². The van der Waals surface area contributed by atoms with E-state index in [1.165, 1.54) is 0 Å². The molecule has 148 valence electrons. The maximum atomic E-state index is 10.9. The van der Waals surface area contributed by atoms with Crippen LogP contribution < -0.4 is 0 Å². The van der Waals surface area contributed by atoms with Gasteiger partial charge in [0.25, 0.3) is 0 Å². The molecule has 0 saturated carbocycles. The van der Waals surface area contributed by atoms with E-state index in [4.69, 9.17) is 32.6 Å². The van der Waals surface area contributed by atoms with Gasteiger partial charge in [-0.3, -0.25) is 4.40 Å². The van der Waals surface area contributed by atoms with Crippen molar-refractivity contribution in [3.8, 4) is 28.4 Å². The van der Waals surface area contributed by atoms with Crippen molar-refractivity contribution < 1.29 is 9.52 Å². The summed E-state index contributed by atoms with van der Waals surface area (Å²) < 4.78 is 7.02. The van der Waals surface area contributed by atoms with Crippen molar-refractivity contribution >= 4 is 28.8 Å². The van der Waals surface area contributed by atoms with Crippen molar-refractivity contribution in [3.05, 3.63) is 88.8 Å². The number of halogens is 2. The van der Waals surface area contributed by atoms with Crippen LogP contribution in [0.4, 0.5) is 0 Å². The van der Waals surface area contributed by atoms with Crippen molar-refractivity contribution in [2.45, 2.75) is 6.42 Å². The van der Waals surface area contributed by atoms with Crippen LogP contribution in [0.5, 0.6) is 5.88 Å². The topological polar surface area (TPSA) is 76.5 Å².